The van der Waals surface area contributed by atoms with Crippen molar-refractivity contribution in [2.75, 3.05) is 0 Å². The molecule has 6 nitrogen and oxygen atoms in total. The number of carboxylic acid groups (broad SMARTS) is 2. The molecule has 9 heteroatoms. The minimum absolute atomic E-state index is 0.338. The molecule has 0 heterocycles. The first kappa shape index (κ1) is 23.4. The summed E-state index contributed by atoms with van der Waals surface area (Å²) in [5.41, 5.74) is 15.1. The van der Waals surface area contributed by atoms with E-state index in [1.807, 2.05) is 13.8 Å². The van der Waals surface area contributed by atoms with E-state index >= 15 is 0 Å². The summed E-state index contributed by atoms with van der Waals surface area (Å²) < 4.78 is -0.985. The molecule has 0 aromatic carbocycles. The van der Waals surface area contributed by atoms with E-state index in [1.165, 1.54) is 0 Å². The first-order valence-electron chi connectivity index (χ1n) is 6.18. The fraction of sp³-hybridized carbons (Fsp3) is 0.833. The van der Waals surface area contributed by atoms with Gasteiger partial charge in [0.1, 0.15) is 6.04 Å². The Morgan fingerprint density at radius 2 is 1.38 bits per heavy atom. The van der Waals surface area contributed by atoms with Gasteiger partial charge in [-0.1, -0.05) is 0 Å². The van der Waals surface area contributed by atoms with Gasteiger partial charge in [-0.15, -0.1) is 0 Å². The number of nitrogens with two attached hydrogens (primary N) is 2. The van der Waals surface area contributed by atoms with Crippen LogP contribution in [-0.2, 0) is 9.59 Å². The molecule has 0 spiro atoms. The van der Waals surface area contributed by atoms with Crippen molar-refractivity contribution >= 4 is 48.1 Å². The standard InChI is InChI=1S/C7H16AsNO2S.C5H11NO2S/c1-7(2,12-8(3)4)5(9)6(10)11;1-5(2,9)3(6)4(7)8/h5H,9H2,1-4H3,(H,10,11);3,9H,6H2,1-2H3,(H,7,8). The SMILES string of the molecule is CC(C)(S)C(N)C(=O)O.C[As](C)SC(C)(C)C(N)C(=O)O. The van der Waals surface area contributed by atoms with Crippen molar-refractivity contribution in [3.63, 3.8) is 0 Å². The normalized spacial score (nSPS) is 15.0. The molecule has 0 saturated heterocycles. The van der Waals surface area contributed by atoms with Gasteiger partial charge in [-0.05, 0) is 13.8 Å². The third-order valence-electron chi connectivity index (χ3n) is 2.46. The number of aliphatic carboxylic acids is 2. The van der Waals surface area contributed by atoms with Crippen LogP contribution in [0.5, 0.6) is 0 Å². The molecule has 0 aliphatic rings. The second-order valence-corrected chi connectivity index (χ2v) is 16.5. The molecular weight excluding hydrogens is 375 g/mol. The number of carbonyl (C=O) groups is 2. The molecule has 0 fully saturated rings. The average Bonchev–Trinajstić information content (AvgIpc) is 2.24. The van der Waals surface area contributed by atoms with E-state index in [-0.39, 0.29) is 4.75 Å². The maximum absolute atomic E-state index is 10.6. The third-order valence-corrected chi connectivity index (χ3v) is 9.09. The first-order valence-corrected chi connectivity index (χ1v) is 13.5. The van der Waals surface area contributed by atoms with Gasteiger partial charge in [-0.2, -0.15) is 12.6 Å². The molecule has 0 aromatic heterocycles. The first-order chi connectivity index (χ1) is 9.12. The monoisotopic (exact) mass is 402 g/mol. The van der Waals surface area contributed by atoms with Crippen molar-refractivity contribution in [1.29, 1.82) is 0 Å². The van der Waals surface area contributed by atoms with Crippen LogP contribution in [-0.4, -0.2) is 57.2 Å². The molecule has 0 rings (SSSR count). The van der Waals surface area contributed by atoms with Gasteiger partial charge in [-0.3, -0.25) is 4.79 Å². The molecule has 0 aromatic rings. The Kier molecular flexibility index (Phi) is 10.4. The summed E-state index contributed by atoms with van der Waals surface area (Å²) in [6.07, 6.45) is 0. The van der Waals surface area contributed by atoms with Crippen LogP contribution in [0.15, 0.2) is 0 Å². The molecule has 0 amide bonds. The molecule has 6 N–H and O–H groups in total. The molecular formula is C12H27AsN2O4S2. The van der Waals surface area contributed by atoms with Gasteiger partial charge >= 0.3 is 87.2 Å². The average molecular weight is 402 g/mol. The number of rotatable bonds is 6. The topological polar surface area (TPSA) is 127 Å². The van der Waals surface area contributed by atoms with E-state index in [9.17, 15) is 9.59 Å². The van der Waals surface area contributed by atoms with Crippen LogP contribution in [0, 0.1) is 0 Å². The molecule has 2 unspecified atom stereocenters. The van der Waals surface area contributed by atoms with Crippen molar-refractivity contribution in [3.05, 3.63) is 0 Å². The van der Waals surface area contributed by atoms with Crippen LogP contribution in [0.3, 0.4) is 0 Å². The van der Waals surface area contributed by atoms with Gasteiger partial charge in [-0.25, -0.2) is 0 Å². The Balaban J connectivity index is 0. The van der Waals surface area contributed by atoms with Crippen LogP contribution in [0.1, 0.15) is 27.7 Å². The summed E-state index contributed by atoms with van der Waals surface area (Å²) in [6, 6.07) is -1.67. The van der Waals surface area contributed by atoms with Crippen LogP contribution in [0.25, 0.3) is 0 Å². The van der Waals surface area contributed by atoms with Gasteiger partial charge in [0.15, 0.2) is 0 Å². The summed E-state index contributed by atoms with van der Waals surface area (Å²) in [5, 5.41) is 17.1. The van der Waals surface area contributed by atoms with Gasteiger partial charge < -0.3 is 10.8 Å². The summed E-state index contributed by atoms with van der Waals surface area (Å²) in [7, 11) is 1.73. The van der Waals surface area contributed by atoms with E-state index in [2.05, 4.69) is 24.1 Å². The fourth-order valence-corrected chi connectivity index (χ4v) is 9.03. The third kappa shape index (κ3) is 10.5. The van der Waals surface area contributed by atoms with Gasteiger partial charge in [0.05, 0.1) is 0 Å². The van der Waals surface area contributed by atoms with Crippen LogP contribution in [0.2, 0.25) is 11.4 Å². The van der Waals surface area contributed by atoms with E-state index < -0.39 is 42.3 Å². The van der Waals surface area contributed by atoms with Crippen molar-refractivity contribution in [2.45, 2.75) is 60.7 Å². The van der Waals surface area contributed by atoms with E-state index in [0.717, 1.165) is 0 Å². The predicted octanol–water partition coefficient (Wildman–Crippen LogP) is 1.27. The molecule has 0 bridgehead atoms. The van der Waals surface area contributed by atoms with Crippen LogP contribution in [0.4, 0.5) is 0 Å². The second kappa shape index (κ2) is 9.30. The zero-order valence-electron chi connectivity index (χ0n) is 13.3. The van der Waals surface area contributed by atoms with Crippen molar-refractivity contribution in [1.82, 2.24) is 0 Å². The molecule has 0 saturated carbocycles. The number of carboxylic acids is 2. The Labute approximate surface area is 140 Å². The van der Waals surface area contributed by atoms with Crippen LogP contribution >= 0.6 is 22.7 Å². The fourth-order valence-electron chi connectivity index (χ4n) is 1.13. The number of hydrogen-bond donors (Lipinski definition) is 5. The zero-order chi connectivity index (χ0) is 17.6. The van der Waals surface area contributed by atoms with E-state index in [1.54, 1.807) is 23.9 Å². The van der Waals surface area contributed by atoms with E-state index in [0.29, 0.717) is 0 Å². The number of hydrogen-bond acceptors (Lipinski definition) is 6. The zero-order valence-corrected chi connectivity index (χ0v) is 16.9. The predicted molar refractivity (Wildman–Crippen MR) is 93.4 cm³/mol. The molecule has 0 aliphatic carbocycles. The van der Waals surface area contributed by atoms with Crippen molar-refractivity contribution in [2.24, 2.45) is 11.5 Å². The second-order valence-electron chi connectivity index (χ2n) is 5.79. The summed E-state index contributed by atoms with van der Waals surface area (Å²) in [6.45, 7) is 7.11. The molecule has 2 atom stereocenters. The van der Waals surface area contributed by atoms with E-state index in [4.69, 9.17) is 21.7 Å². The summed E-state index contributed by atoms with van der Waals surface area (Å²) >= 11 is 3.10. The Hall–Kier alpha value is 0.118. The minimum atomic E-state index is -1.02. The molecule has 126 valence electrons. The van der Waals surface area contributed by atoms with Gasteiger partial charge in [0.2, 0.25) is 0 Å². The Bertz CT molecular complexity index is 360. The molecule has 0 radical (unpaired) electrons. The van der Waals surface area contributed by atoms with Crippen molar-refractivity contribution in [3.8, 4) is 0 Å². The van der Waals surface area contributed by atoms with Crippen LogP contribution < -0.4 is 11.5 Å². The van der Waals surface area contributed by atoms with Gasteiger partial charge in [0.25, 0.3) is 0 Å². The Morgan fingerprint density at radius 3 is 1.52 bits per heavy atom. The van der Waals surface area contributed by atoms with Gasteiger partial charge in [0, 0.05) is 4.75 Å². The Morgan fingerprint density at radius 1 is 1.05 bits per heavy atom. The molecule has 21 heavy (non-hydrogen) atoms. The van der Waals surface area contributed by atoms with Crippen molar-refractivity contribution < 1.29 is 19.8 Å². The summed E-state index contributed by atoms with van der Waals surface area (Å²) in [5.74, 6) is -1.93. The number of thiol groups is 1. The molecule has 0 aliphatic heterocycles. The quantitative estimate of drug-likeness (QED) is 0.334. The maximum atomic E-state index is 10.6. The summed E-state index contributed by atoms with van der Waals surface area (Å²) in [4.78, 5) is 20.8.